The Morgan fingerprint density at radius 2 is 2.05 bits per heavy atom. The summed E-state index contributed by atoms with van der Waals surface area (Å²) in [4.78, 5) is 25.1. The van der Waals surface area contributed by atoms with Crippen LogP contribution in [0.25, 0.3) is 0 Å². The van der Waals surface area contributed by atoms with E-state index in [4.69, 9.17) is 5.11 Å². The van der Waals surface area contributed by atoms with Crippen molar-refractivity contribution in [2.24, 2.45) is 0 Å². The van der Waals surface area contributed by atoms with E-state index in [2.05, 4.69) is 10.6 Å². The van der Waals surface area contributed by atoms with Crippen molar-refractivity contribution >= 4 is 23.3 Å². The first-order chi connectivity index (χ1) is 9.43. The van der Waals surface area contributed by atoms with Gasteiger partial charge in [-0.1, -0.05) is 19.8 Å². The van der Waals surface area contributed by atoms with Crippen LogP contribution in [0.2, 0.25) is 0 Å². The Kier molecular flexibility index (Phi) is 6.51. The van der Waals surface area contributed by atoms with Crippen molar-refractivity contribution in [1.82, 2.24) is 10.6 Å². The third kappa shape index (κ3) is 5.21. The van der Waals surface area contributed by atoms with Gasteiger partial charge in [-0.25, -0.2) is 9.59 Å². The number of rotatable bonds is 7. The first-order valence-corrected chi connectivity index (χ1v) is 7.61. The number of unbranched alkanes of at least 4 members (excludes halogenated alkanes) is 1. The maximum atomic E-state index is 11.8. The van der Waals surface area contributed by atoms with E-state index in [1.54, 1.807) is 11.3 Å². The molecule has 0 bridgehead atoms. The molecule has 20 heavy (non-hydrogen) atoms. The molecule has 0 saturated heterocycles. The average Bonchev–Trinajstić information content (AvgIpc) is 2.80. The van der Waals surface area contributed by atoms with Gasteiger partial charge in [0.1, 0.15) is 6.04 Å². The Bertz CT molecular complexity index is 459. The summed E-state index contributed by atoms with van der Waals surface area (Å²) in [5, 5.41) is 14.3. The van der Waals surface area contributed by atoms with Crippen molar-refractivity contribution in [2.45, 2.75) is 52.1 Å². The van der Waals surface area contributed by atoms with Crippen LogP contribution in [-0.2, 0) is 4.79 Å². The van der Waals surface area contributed by atoms with Gasteiger partial charge in [0.25, 0.3) is 0 Å². The molecule has 1 unspecified atom stereocenters. The monoisotopic (exact) mass is 298 g/mol. The lowest BCUT2D eigenvalue weighted by molar-refractivity contribution is -0.139. The van der Waals surface area contributed by atoms with Gasteiger partial charge in [-0.3, -0.25) is 0 Å². The van der Waals surface area contributed by atoms with Gasteiger partial charge in [-0.2, -0.15) is 0 Å². The molecule has 0 radical (unpaired) electrons. The van der Waals surface area contributed by atoms with Crippen molar-refractivity contribution in [3.63, 3.8) is 0 Å². The van der Waals surface area contributed by atoms with Gasteiger partial charge < -0.3 is 15.7 Å². The molecule has 0 spiro atoms. The van der Waals surface area contributed by atoms with Crippen LogP contribution in [0.1, 0.15) is 48.9 Å². The number of aryl methyl sites for hydroxylation is 1. The third-order valence-corrected chi connectivity index (χ3v) is 4.17. The Morgan fingerprint density at radius 1 is 1.35 bits per heavy atom. The summed E-state index contributed by atoms with van der Waals surface area (Å²) in [5.74, 6) is -0.992. The number of carboxylic acids is 1. The number of carboxylic acid groups (broad SMARTS) is 1. The molecule has 1 heterocycles. The summed E-state index contributed by atoms with van der Waals surface area (Å²) in [5.41, 5.74) is 0. The summed E-state index contributed by atoms with van der Waals surface area (Å²) >= 11 is 1.62. The lowest BCUT2D eigenvalue weighted by Crippen LogP contribution is -2.46. The zero-order valence-electron chi connectivity index (χ0n) is 12.1. The second-order valence-corrected chi connectivity index (χ2v) is 6.14. The number of hydrogen-bond donors (Lipinski definition) is 3. The fourth-order valence-corrected chi connectivity index (χ4v) is 2.70. The van der Waals surface area contributed by atoms with Crippen LogP contribution in [0.5, 0.6) is 0 Å². The first-order valence-electron chi connectivity index (χ1n) is 6.80. The van der Waals surface area contributed by atoms with Gasteiger partial charge in [0.2, 0.25) is 0 Å². The highest BCUT2D eigenvalue weighted by Gasteiger charge is 2.20. The quantitative estimate of drug-likeness (QED) is 0.724. The summed E-state index contributed by atoms with van der Waals surface area (Å²) in [6, 6.07) is 2.57. The predicted molar refractivity (Wildman–Crippen MR) is 80.1 cm³/mol. The van der Waals surface area contributed by atoms with Crippen LogP contribution < -0.4 is 10.6 Å². The zero-order chi connectivity index (χ0) is 15.1. The van der Waals surface area contributed by atoms with Crippen molar-refractivity contribution in [1.29, 1.82) is 0 Å². The maximum Gasteiger partial charge on any atom is 0.326 e. The number of amides is 2. The summed E-state index contributed by atoms with van der Waals surface area (Å²) in [7, 11) is 0. The van der Waals surface area contributed by atoms with Gasteiger partial charge in [0.15, 0.2) is 0 Å². The molecule has 0 aliphatic carbocycles. The number of aliphatic carboxylic acids is 1. The molecular formula is C14H22N2O3S. The van der Waals surface area contributed by atoms with Gasteiger partial charge >= 0.3 is 12.0 Å². The van der Waals surface area contributed by atoms with Crippen LogP contribution in [-0.4, -0.2) is 23.1 Å². The Balaban J connectivity index is 2.50. The lowest BCUT2D eigenvalue weighted by Gasteiger charge is -2.17. The normalized spacial score (nSPS) is 13.6. The molecule has 0 fully saturated rings. The minimum Gasteiger partial charge on any atom is -0.480 e. The molecule has 2 amide bonds. The van der Waals surface area contributed by atoms with E-state index in [1.807, 2.05) is 32.9 Å². The van der Waals surface area contributed by atoms with Gasteiger partial charge in [-0.15, -0.1) is 11.3 Å². The molecular weight excluding hydrogens is 276 g/mol. The second kappa shape index (κ2) is 7.89. The second-order valence-electron chi connectivity index (χ2n) is 4.82. The van der Waals surface area contributed by atoms with Gasteiger partial charge in [-0.05, 0) is 32.4 Å². The zero-order valence-corrected chi connectivity index (χ0v) is 12.9. The largest absolute Gasteiger partial charge is 0.480 e. The molecule has 3 N–H and O–H groups in total. The smallest absolute Gasteiger partial charge is 0.326 e. The minimum absolute atomic E-state index is 0.130. The van der Waals surface area contributed by atoms with E-state index in [1.165, 1.54) is 4.88 Å². The number of hydrogen-bond acceptors (Lipinski definition) is 3. The van der Waals surface area contributed by atoms with Gasteiger partial charge in [0, 0.05) is 9.75 Å². The molecule has 5 nitrogen and oxygen atoms in total. The molecule has 112 valence electrons. The highest BCUT2D eigenvalue weighted by Crippen LogP contribution is 2.22. The average molecular weight is 298 g/mol. The van der Waals surface area contributed by atoms with Crippen LogP contribution in [0.15, 0.2) is 12.1 Å². The summed E-state index contributed by atoms with van der Waals surface area (Å²) in [6.45, 7) is 5.87. The SMILES string of the molecule is CCCC[C@H](NC(=O)NC(C)c1ccc(C)s1)C(=O)O. The van der Waals surface area contributed by atoms with Crippen LogP contribution >= 0.6 is 11.3 Å². The molecule has 6 heteroatoms. The number of nitrogens with one attached hydrogen (secondary N) is 2. The lowest BCUT2D eigenvalue weighted by atomic mass is 10.1. The molecule has 0 aromatic carbocycles. The highest BCUT2D eigenvalue weighted by atomic mass is 32.1. The van der Waals surface area contributed by atoms with Crippen molar-refractivity contribution in [3.05, 3.63) is 21.9 Å². The predicted octanol–water partition coefficient (Wildman–Crippen LogP) is 3.06. The van der Waals surface area contributed by atoms with Crippen molar-refractivity contribution in [3.8, 4) is 0 Å². The molecule has 2 atom stereocenters. The fraction of sp³-hybridized carbons (Fsp3) is 0.571. The highest BCUT2D eigenvalue weighted by molar-refractivity contribution is 7.12. The van der Waals surface area contributed by atoms with E-state index in [0.717, 1.165) is 17.7 Å². The Morgan fingerprint density at radius 3 is 2.55 bits per heavy atom. The third-order valence-electron chi connectivity index (χ3n) is 2.99. The maximum absolute atomic E-state index is 11.8. The van der Waals surface area contributed by atoms with E-state index in [0.29, 0.717) is 6.42 Å². The summed E-state index contributed by atoms with van der Waals surface area (Å²) in [6.07, 6.45) is 2.13. The number of carbonyl (C=O) groups excluding carboxylic acids is 1. The molecule has 0 saturated carbocycles. The standard InChI is InChI=1S/C14H22N2O3S/c1-4-5-6-11(13(17)18)16-14(19)15-10(3)12-8-7-9(2)20-12/h7-8,10-11H,4-6H2,1-3H3,(H,17,18)(H2,15,16,19)/t10?,11-/m0/s1. The van der Waals surface area contributed by atoms with E-state index >= 15 is 0 Å². The Hall–Kier alpha value is -1.56. The Labute approximate surface area is 123 Å². The minimum atomic E-state index is -0.992. The number of carbonyl (C=O) groups is 2. The molecule has 0 aliphatic heterocycles. The number of thiophene rings is 1. The topological polar surface area (TPSA) is 78.4 Å². The fourth-order valence-electron chi connectivity index (χ4n) is 1.82. The van der Waals surface area contributed by atoms with Crippen LogP contribution in [0, 0.1) is 6.92 Å². The molecule has 1 rings (SSSR count). The molecule has 1 aromatic rings. The van der Waals surface area contributed by atoms with E-state index < -0.39 is 18.0 Å². The van der Waals surface area contributed by atoms with Crippen LogP contribution in [0.4, 0.5) is 4.79 Å². The van der Waals surface area contributed by atoms with Crippen LogP contribution in [0.3, 0.4) is 0 Å². The van der Waals surface area contributed by atoms with E-state index in [-0.39, 0.29) is 6.04 Å². The first kappa shape index (κ1) is 16.5. The molecule has 0 aliphatic rings. The van der Waals surface area contributed by atoms with Crippen molar-refractivity contribution in [2.75, 3.05) is 0 Å². The van der Waals surface area contributed by atoms with Crippen molar-refractivity contribution < 1.29 is 14.7 Å². The molecule has 1 aromatic heterocycles. The number of urea groups is 1. The summed E-state index contributed by atoms with van der Waals surface area (Å²) < 4.78 is 0. The van der Waals surface area contributed by atoms with Gasteiger partial charge in [0.05, 0.1) is 6.04 Å². The van der Waals surface area contributed by atoms with E-state index in [9.17, 15) is 9.59 Å².